The summed E-state index contributed by atoms with van der Waals surface area (Å²) in [5, 5.41) is 2.89. The van der Waals surface area contributed by atoms with Crippen molar-refractivity contribution in [2.75, 3.05) is 23.4 Å². The van der Waals surface area contributed by atoms with Gasteiger partial charge in [0.1, 0.15) is 11.6 Å². The Balaban J connectivity index is 1.42. The molecule has 1 N–H and O–H groups in total. The topological polar surface area (TPSA) is 84.4 Å². The summed E-state index contributed by atoms with van der Waals surface area (Å²) in [7, 11) is 0. The number of amides is 2. The highest BCUT2D eigenvalue weighted by Gasteiger charge is 2.25. The van der Waals surface area contributed by atoms with Crippen LogP contribution in [-0.2, 0) is 9.59 Å². The number of fused-ring (bicyclic) bond motifs is 1. The number of nitrogens with zero attached hydrogens (tertiary/aromatic N) is 3. The summed E-state index contributed by atoms with van der Waals surface area (Å²) in [6, 6.07) is 16.6. The van der Waals surface area contributed by atoms with Gasteiger partial charge in [-0.1, -0.05) is 24.3 Å². The molecule has 0 atom stereocenters. The number of benzene rings is 2. The number of ether oxygens (including phenoxy) is 1. The Kier molecular flexibility index (Phi) is 5.20. The zero-order valence-electron chi connectivity index (χ0n) is 16.0. The van der Waals surface area contributed by atoms with Crippen LogP contribution in [0.2, 0.25) is 0 Å². The van der Waals surface area contributed by atoms with Crippen LogP contribution in [-0.4, -0.2) is 34.9 Å². The second kappa shape index (κ2) is 8.10. The number of carbonyl (C=O) groups excluding carboxylic acids is 2. The zero-order valence-corrected chi connectivity index (χ0v) is 16.0. The molecule has 0 saturated heterocycles. The van der Waals surface area contributed by atoms with E-state index in [1.54, 1.807) is 11.1 Å². The van der Waals surface area contributed by atoms with E-state index in [0.717, 1.165) is 11.3 Å². The maximum absolute atomic E-state index is 12.5. The molecule has 29 heavy (non-hydrogen) atoms. The van der Waals surface area contributed by atoms with Crippen LogP contribution >= 0.6 is 0 Å². The van der Waals surface area contributed by atoms with Crippen LogP contribution in [0.3, 0.4) is 0 Å². The van der Waals surface area contributed by atoms with E-state index in [4.69, 9.17) is 4.74 Å². The van der Waals surface area contributed by atoms with E-state index in [-0.39, 0.29) is 31.4 Å². The van der Waals surface area contributed by atoms with Crippen molar-refractivity contribution in [2.24, 2.45) is 0 Å². The molecule has 2 amide bonds. The van der Waals surface area contributed by atoms with Crippen molar-refractivity contribution in [2.45, 2.75) is 13.3 Å². The highest BCUT2D eigenvalue weighted by Crippen LogP contribution is 2.31. The van der Waals surface area contributed by atoms with Gasteiger partial charge in [0, 0.05) is 30.4 Å². The molecule has 146 valence electrons. The molecule has 0 aliphatic carbocycles. The van der Waals surface area contributed by atoms with Gasteiger partial charge in [-0.2, -0.15) is 0 Å². The van der Waals surface area contributed by atoms with Crippen molar-refractivity contribution < 1.29 is 14.3 Å². The summed E-state index contributed by atoms with van der Waals surface area (Å²) in [6.07, 6.45) is 1.89. The summed E-state index contributed by atoms with van der Waals surface area (Å²) in [4.78, 5) is 34.8. The zero-order chi connectivity index (χ0) is 20.2. The fourth-order valence-electron chi connectivity index (χ4n) is 3.21. The van der Waals surface area contributed by atoms with Gasteiger partial charge >= 0.3 is 0 Å². The average molecular weight is 388 g/mol. The Hall–Kier alpha value is -3.74. The summed E-state index contributed by atoms with van der Waals surface area (Å²) in [5.74, 6) is 1.02. The summed E-state index contributed by atoms with van der Waals surface area (Å²) in [5.41, 5.74) is 3.06. The molecule has 2 aromatic carbocycles. The molecule has 1 aliphatic rings. The minimum atomic E-state index is -0.169. The van der Waals surface area contributed by atoms with E-state index in [1.165, 1.54) is 0 Å². The first kappa shape index (κ1) is 18.6. The number of nitrogens with one attached hydrogen (secondary N) is 1. The van der Waals surface area contributed by atoms with Gasteiger partial charge in [-0.05, 0) is 37.3 Å². The van der Waals surface area contributed by atoms with Crippen molar-refractivity contribution in [3.05, 3.63) is 66.6 Å². The number of hydrogen-bond acceptors (Lipinski definition) is 5. The van der Waals surface area contributed by atoms with Crippen molar-refractivity contribution in [1.29, 1.82) is 0 Å². The molecule has 1 aliphatic heterocycles. The van der Waals surface area contributed by atoms with Gasteiger partial charge in [-0.15, -0.1) is 0 Å². The van der Waals surface area contributed by atoms with Gasteiger partial charge < -0.3 is 15.0 Å². The first-order valence-corrected chi connectivity index (χ1v) is 9.32. The molecule has 0 bridgehead atoms. The van der Waals surface area contributed by atoms with Crippen LogP contribution in [0.15, 0.2) is 60.8 Å². The van der Waals surface area contributed by atoms with Gasteiger partial charge in [-0.25, -0.2) is 9.97 Å². The van der Waals surface area contributed by atoms with Crippen LogP contribution in [0, 0.1) is 6.92 Å². The third-order valence-electron chi connectivity index (χ3n) is 4.59. The quantitative estimate of drug-likeness (QED) is 0.726. The average Bonchev–Trinajstić information content (AvgIpc) is 2.73. The molecule has 4 rings (SSSR count). The van der Waals surface area contributed by atoms with E-state index >= 15 is 0 Å². The van der Waals surface area contributed by atoms with E-state index < -0.39 is 0 Å². The lowest BCUT2D eigenvalue weighted by molar-refractivity contribution is -0.121. The molecule has 0 radical (unpaired) electrons. The third kappa shape index (κ3) is 4.24. The van der Waals surface area contributed by atoms with E-state index in [0.29, 0.717) is 22.9 Å². The summed E-state index contributed by atoms with van der Waals surface area (Å²) < 4.78 is 5.43. The Morgan fingerprint density at radius 1 is 1.17 bits per heavy atom. The van der Waals surface area contributed by atoms with Crippen molar-refractivity contribution in [1.82, 2.24) is 9.97 Å². The lowest BCUT2D eigenvalue weighted by Gasteiger charge is -2.29. The van der Waals surface area contributed by atoms with Gasteiger partial charge in [0.05, 0.1) is 11.4 Å². The molecule has 7 nitrogen and oxygen atoms in total. The Bertz CT molecular complexity index is 1070. The molecule has 1 aromatic heterocycles. The van der Waals surface area contributed by atoms with Crippen molar-refractivity contribution in [3.8, 4) is 17.0 Å². The first-order chi connectivity index (χ1) is 14.1. The van der Waals surface area contributed by atoms with Gasteiger partial charge in [0.2, 0.25) is 5.91 Å². The second-order valence-electron chi connectivity index (χ2n) is 6.67. The summed E-state index contributed by atoms with van der Waals surface area (Å²) in [6.45, 7) is 2.11. The largest absolute Gasteiger partial charge is 0.482 e. The Labute approximate surface area is 168 Å². The van der Waals surface area contributed by atoms with E-state index in [2.05, 4.69) is 15.3 Å². The number of aryl methyl sites for hydroxylation is 1. The van der Waals surface area contributed by atoms with E-state index in [9.17, 15) is 9.59 Å². The fraction of sp³-hybridized carbons (Fsp3) is 0.182. The SMILES string of the molecule is Cc1nccc(-c2cccc(NC(=O)CCN3C(=O)COc4ccccc43)c2)n1. The van der Waals surface area contributed by atoms with E-state index in [1.807, 2.05) is 61.5 Å². The molecule has 0 saturated carbocycles. The lowest BCUT2D eigenvalue weighted by atomic mass is 10.1. The predicted molar refractivity (Wildman–Crippen MR) is 110 cm³/mol. The molecule has 3 aromatic rings. The highest BCUT2D eigenvalue weighted by atomic mass is 16.5. The van der Waals surface area contributed by atoms with Crippen molar-refractivity contribution >= 4 is 23.2 Å². The number of hydrogen-bond donors (Lipinski definition) is 1. The summed E-state index contributed by atoms with van der Waals surface area (Å²) >= 11 is 0. The Morgan fingerprint density at radius 2 is 2.03 bits per heavy atom. The highest BCUT2D eigenvalue weighted by molar-refractivity contribution is 5.99. The predicted octanol–water partition coefficient (Wildman–Crippen LogP) is 3.21. The fourth-order valence-corrected chi connectivity index (χ4v) is 3.21. The molecule has 0 unspecified atom stereocenters. The minimum absolute atomic E-state index is 0.0149. The molecule has 0 spiro atoms. The molecular formula is C22H20N4O3. The molecule has 7 heteroatoms. The maximum atomic E-state index is 12.5. The van der Waals surface area contributed by atoms with Crippen LogP contribution in [0.25, 0.3) is 11.3 Å². The van der Waals surface area contributed by atoms with Crippen molar-refractivity contribution in [3.63, 3.8) is 0 Å². The number of aromatic nitrogens is 2. The standard InChI is InChI=1S/C22H20N4O3/c1-15-23-11-9-18(24-15)16-5-4-6-17(13-16)25-21(27)10-12-26-19-7-2-3-8-20(19)29-14-22(26)28/h2-9,11,13H,10,12,14H2,1H3,(H,25,27). The van der Waals surface area contributed by atoms with Gasteiger partial charge in [0.15, 0.2) is 6.61 Å². The number of anilines is 2. The number of para-hydroxylation sites is 2. The number of carbonyl (C=O) groups is 2. The van der Waals surface area contributed by atoms with Crippen LogP contribution in [0.5, 0.6) is 5.75 Å². The monoisotopic (exact) mass is 388 g/mol. The Morgan fingerprint density at radius 3 is 2.90 bits per heavy atom. The van der Waals surface area contributed by atoms with Gasteiger partial charge in [0.25, 0.3) is 5.91 Å². The van der Waals surface area contributed by atoms with Crippen LogP contribution < -0.4 is 15.0 Å². The van der Waals surface area contributed by atoms with Crippen LogP contribution in [0.1, 0.15) is 12.2 Å². The third-order valence-corrected chi connectivity index (χ3v) is 4.59. The lowest BCUT2D eigenvalue weighted by Crippen LogP contribution is -2.40. The minimum Gasteiger partial charge on any atom is -0.482 e. The smallest absolute Gasteiger partial charge is 0.265 e. The molecule has 0 fully saturated rings. The van der Waals surface area contributed by atoms with Crippen LogP contribution in [0.4, 0.5) is 11.4 Å². The maximum Gasteiger partial charge on any atom is 0.265 e. The number of rotatable bonds is 5. The first-order valence-electron chi connectivity index (χ1n) is 9.32. The molecular weight excluding hydrogens is 368 g/mol. The molecule has 2 heterocycles. The second-order valence-corrected chi connectivity index (χ2v) is 6.67. The normalized spacial score (nSPS) is 12.9. The van der Waals surface area contributed by atoms with Gasteiger partial charge in [-0.3, -0.25) is 9.59 Å².